The van der Waals surface area contributed by atoms with Crippen molar-refractivity contribution in [3.8, 4) is 11.9 Å². The van der Waals surface area contributed by atoms with Crippen LogP contribution in [-0.4, -0.2) is 47.1 Å². The molecule has 0 aromatic carbocycles. The number of rotatable bonds is 3. The molecule has 1 aliphatic heterocycles. The van der Waals surface area contributed by atoms with Gasteiger partial charge in [-0.25, -0.2) is 0 Å². The Kier molecular flexibility index (Phi) is 4.96. The monoisotopic (exact) mass is 302 g/mol. The van der Waals surface area contributed by atoms with Crippen LogP contribution in [0.4, 0.5) is 0 Å². The summed E-state index contributed by atoms with van der Waals surface area (Å²) >= 11 is 0. The molecule has 2 rings (SSSR count). The van der Waals surface area contributed by atoms with E-state index < -0.39 is 5.56 Å². The van der Waals surface area contributed by atoms with Crippen molar-refractivity contribution in [2.45, 2.75) is 6.92 Å². The molecule has 0 atom stereocenters. The van der Waals surface area contributed by atoms with Crippen LogP contribution < -0.4 is 5.56 Å². The van der Waals surface area contributed by atoms with Crippen molar-refractivity contribution in [3.05, 3.63) is 39.4 Å². The van der Waals surface area contributed by atoms with Crippen LogP contribution in [0.3, 0.4) is 0 Å². The first-order valence-electron chi connectivity index (χ1n) is 6.90. The van der Waals surface area contributed by atoms with Gasteiger partial charge < -0.3 is 14.7 Å². The molecule has 1 aromatic rings. The van der Waals surface area contributed by atoms with E-state index in [2.05, 4.69) is 9.89 Å². The molecule has 0 bridgehead atoms. The van der Waals surface area contributed by atoms with Crippen LogP contribution in [0.25, 0.3) is 0 Å². The van der Waals surface area contributed by atoms with Crippen molar-refractivity contribution >= 4 is 6.21 Å². The van der Waals surface area contributed by atoms with Gasteiger partial charge in [0.1, 0.15) is 11.6 Å². The molecule has 1 fully saturated rings. The lowest BCUT2D eigenvalue weighted by atomic mass is 10.1. The normalized spacial score (nSPS) is 15.6. The van der Waals surface area contributed by atoms with Gasteiger partial charge in [-0.05, 0) is 12.5 Å². The van der Waals surface area contributed by atoms with Gasteiger partial charge in [0.25, 0.3) is 5.56 Å². The zero-order valence-electron chi connectivity index (χ0n) is 12.6. The van der Waals surface area contributed by atoms with Gasteiger partial charge in [0, 0.05) is 38.8 Å². The van der Waals surface area contributed by atoms with Gasteiger partial charge in [0.15, 0.2) is 0 Å². The number of aromatic nitrogens is 1. The molecular formula is C15H18N4O3. The number of nitriles is 1. The minimum atomic E-state index is -0.515. The van der Waals surface area contributed by atoms with Crippen molar-refractivity contribution in [1.82, 2.24) is 9.47 Å². The number of aromatic hydroxyl groups is 1. The molecule has 0 spiro atoms. The van der Waals surface area contributed by atoms with Crippen LogP contribution >= 0.6 is 0 Å². The predicted octanol–water partition coefficient (Wildman–Crippen LogP) is 0.493. The van der Waals surface area contributed by atoms with Crippen LogP contribution in [0.2, 0.25) is 0 Å². The number of pyridine rings is 1. The van der Waals surface area contributed by atoms with Gasteiger partial charge in [-0.2, -0.15) is 5.26 Å². The second kappa shape index (κ2) is 6.91. The zero-order chi connectivity index (χ0) is 16.1. The summed E-state index contributed by atoms with van der Waals surface area (Å²) in [6.07, 6.45) is 4.90. The summed E-state index contributed by atoms with van der Waals surface area (Å²) in [7, 11) is 1.42. The quantitative estimate of drug-likeness (QED) is 0.821. The molecule has 0 amide bonds. The Bertz CT molecular complexity index is 707. The Hall–Kier alpha value is -2.59. The predicted molar refractivity (Wildman–Crippen MR) is 81.9 cm³/mol. The van der Waals surface area contributed by atoms with Gasteiger partial charge >= 0.3 is 0 Å². The molecule has 1 N–H and O–H groups in total. The second-order valence-electron chi connectivity index (χ2n) is 4.94. The molecule has 1 aromatic heterocycles. The molecule has 1 saturated heterocycles. The Balaban J connectivity index is 2.24. The van der Waals surface area contributed by atoms with Crippen molar-refractivity contribution in [1.29, 1.82) is 5.26 Å². The first-order valence-corrected chi connectivity index (χ1v) is 6.90. The number of nitrogens with zero attached hydrogens (tertiary/aromatic N) is 4. The molecule has 7 nitrogen and oxygen atoms in total. The summed E-state index contributed by atoms with van der Waals surface area (Å²) in [5.41, 5.74) is 0.286. The molecule has 116 valence electrons. The van der Waals surface area contributed by atoms with Crippen LogP contribution in [0.15, 0.2) is 22.2 Å². The largest absolute Gasteiger partial charge is 0.494 e. The fraction of sp³-hybridized carbons (Fsp3) is 0.400. The number of morpholine rings is 1. The number of hydrogen-bond acceptors (Lipinski definition) is 6. The van der Waals surface area contributed by atoms with E-state index >= 15 is 0 Å². The summed E-state index contributed by atoms with van der Waals surface area (Å²) in [6, 6.07) is 1.87. The standard InChI is InChI=1S/C15H18N4O3/c1-11-12(9-16)14(20)18(2)15(21)13(11)10-17-3-4-19-5-7-22-8-6-19/h3-4,10,21H,5-8H2,1-2H3. The SMILES string of the molecule is Cc1c(C=NC=CN2CCOCC2)c(O)n(C)c(=O)c1C#N. The lowest BCUT2D eigenvalue weighted by molar-refractivity contribution is 0.0593. The number of aliphatic imine (C=N–C) groups is 1. The number of hydrogen-bond donors (Lipinski definition) is 1. The van der Waals surface area contributed by atoms with E-state index in [1.165, 1.54) is 13.3 Å². The van der Waals surface area contributed by atoms with E-state index in [1.54, 1.807) is 13.1 Å². The maximum absolute atomic E-state index is 11.8. The van der Waals surface area contributed by atoms with Gasteiger partial charge in [-0.1, -0.05) is 0 Å². The molecule has 0 aliphatic carbocycles. The first kappa shape index (κ1) is 15.8. The smallest absolute Gasteiger partial charge is 0.271 e. The van der Waals surface area contributed by atoms with Crippen LogP contribution in [0.5, 0.6) is 5.88 Å². The van der Waals surface area contributed by atoms with Crippen LogP contribution in [0, 0.1) is 18.3 Å². The zero-order valence-corrected chi connectivity index (χ0v) is 12.6. The lowest BCUT2D eigenvalue weighted by Crippen LogP contribution is -2.31. The summed E-state index contributed by atoms with van der Waals surface area (Å²) in [6.45, 7) is 4.64. The van der Waals surface area contributed by atoms with E-state index in [4.69, 9.17) is 10.00 Å². The van der Waals surface area contributed by atoms with Crippen molar-refractivity contribution < 1.29 is 9.84 Å². The van der Waals surface area contributed by atoms with E-state index in [0.717, 1.165) is 17.7 Å². The lowest BCUT2D eigenvalue weighted by Gasteiger charge is -2.24. The third-order valence-electron chi connectivity index (χ3n) is 3.58. The maximum atomic E-state index is 11.8. The minimum Gasteiger partial charge on any atom is -0.494 e. The van der Waals surface area contributed by atoms with E-state index in [9.17, 15) is 9.90 Å². The van der Waals surface area contributed by atoms with Gasteiger partial charge in [0.2, 0.25) is 5.88 Å². The summed E-state index contributed by atoms with van der Waals surface area (Å²) in [5.74, 6) is -0.204. The Morgan fingerprint density at radius 1 is 1.41 bits per heavy atom. The van der Waals surface area contributed by atoms with Crippen molar-refractivity contribution in [3.63, 3.8) is 0 Å². The summed E-state index contributed by atoms with van der Waals surface area (Å²) < 4.78 is 6.29. The maximum Gasteiger partial charge on any atom is 0.271 e. The summed E-state index contributed by atoms with van der Waals surface area (Å²) in [4.78, 5) is 18.0. The topological polar surface area (TPSA) is 90.8 Å². The molecule has 0 unspecified atom stereocenters. The highest BCUT2D eigenvalue weighted by Crippen LogP contribution is 2.18. The molecule has 22 heavy (non-hydrogen) atoms. The van der Waals surface area contributed by atoms with E-state index in [-0.39, 0.29) is 11.4 Å². The highest BCUT2D eigenvalue weighted by atomic mass is 16.5. The third kappa shape index (κ3) is 3.18. The average molecular weight is 302 g/mol. The Morgan fingerprint density at radius 2 is 2.09 bits per heavy atom. The average Bonchev–Trinajstić information content (AvgIpc) is 2.54. The summed E-state index contributed by atoms with van der Waals surface area (Å²) in [5, 5.41) is 19.1. The van der Waals surface area contributed by atoms with E-state index in [0.29, 0.717) is 24.3 Å². The highest BCUT2D eigenvalue weighted by molar-refractivity contribution is 5.85. The third-order valence-corrected chi connectivity index (χ3v) is 3.58. The fourth-order valence-corrected chi connectivity index (χ4v) is 2.17. The first-order chi connectivity index (χ1) is 10.6. The molecule has 2 heterocycles. The van der Waals surface area contributed by atoms with Gasteiger partial charge in [-0.3, -0.25) is 14.4 Å². The number of ether oxygens (including phenoxy) is 1. The molecule has 0 saturated carbocycles. The van der Waals surface area contributed by atoms with Gasteiger partial charge in [0.05, 0.1) is 18.8 Å². The minimum absolute atomic E-state index is 0.0129. The Morgan fingerprint density at radius 3 is 2.73 bits per heavy atom. The van der Waals surface area contributed by atoms with Crippen LogP contribution in [-0.2, 0) is 11.8 Å². The second-order valence-corrected chi connectivity index (χ2v) is 4.94. The highest BCUT2D eigenvalue weighted by Gasteiger charge is 2.15. The fourth-order valence-electron chi connectivity index (χ4n) is 2.17. The molecular weight excluding hydrogens is 284 g/mol. The Labute approximate surface area is 128 Å². The van der Waals surface area contributed by atoms with E-state index in [1.807, 2.05) is 12.3 Å². The van der Waals surface area contributed by atoms with Crippen molar-refractivity contribution in [2.75, 3.05) is 26.3 Å². The molecule has 0 radical (unpaired) electrons. The molecule has 7 heteroatoms. The van der Waals surface area contributed by atoms with Crippen molar-refractivity contribution in [2.24, 2.45) is 12.0 Å². The van der Waals surface area contributed by atoms with Crippen LogP contribution in [0.1, 0.15) is 16.7 Å². The van der Waals surface area contributed by atoms with Gasteiger partial charge in [-0.15, -0.1) is 0 Å². The molecule has 1 aliphatic rings.